The lowest BCUT2D eigenvalue weighted by atomic mass is 10.3. The third kappa shape index (κ3) is 4.93. The lowest BCUT2D eigenvalue weighted by Crippen LogP contribution is -2.23. The van der Waals surface area contributed by atoms with Crippen LogP contribution in [0.3, 0.4) is 0 Å². The van der Waals surface area contributed by atoms with Gasteiger partial charge in [-0.15, -0.1) is 0 Å². The minimum Gasteiger partial charge on any atom is -0.316 e. The molecule has 0 fully saturated rings. The molecule has 0 spiro atoms. The fourth-order valence-corrected chi connectivity index (χ4v) is 2.76. The first kappa shape index (κ1) is 11.9. The van der Waals surface area contributed by atoms with E-state index in [4.69, 9.17) is 0 Å². The molecule has 14 heavy (non-hydrogen) atoms. The van der Waals surface area contributed by atoms with E-state index in [1.165, 1.54) is 24.4 Å². The summed E-state index contributed by atoms with van der Waals surface area (Å²) in [5, 5.41) is 4.00. The van der Waals surface area contributed by atoms with Gasteiger partial charge in [-0.2, -0.15) is 4.37 Å². The highest BCUT2D eigenvalue weighted by atomic mass is 32.2. The van der Waals surface area contributed by atoms with Crippen LogP contribution in [0.25, 0.3) is 0 Å². The molecule has 0 saturated heterocycles. The van der Waals surface area contributed by atoms with E-state index in [0.717, 1.165) is 17.4 Å². The molecule has 0 amide bonds. The van der Waals surface area contributed by atoms with Crippen LogP contribution in [0.2, 0.25) is 0 Å². The SMILES string of the molecule is CCCCNCC(C)Sc1ncns1. The van der Waals surface area contributed by atoms with Gasteiger partial charge in [-0.3, -0.25) is 0 Å². The monoisotopic (exact) mass is 231 g/mol. The van der Waals surface area contributed by atoms with Gasteiger partial charge < -0.3 is 5.32 Å². The van der Waals surface area contributed by atoms with Gasteiger partial charge in [0.25, 0.3) is 0 Å². The van der Waals surface area contributed by atoms with E-state index in [9.17, 15) is 0 Å². The Balaban J connectivity index is 2.07. The van der Waals surface area contributed by atoms with Crippen LogP contribution < -0.4 is 5.32 Å². The lowest BCUT2D eigenvalue weighted by Gasteiger charge is -2.09. The Kier molecular flexibility index (Phi) is 6.14. The topological polar surface area (TPSA) is 37.8 Å². The third-order valence-corrected chi connectivity index (χ3v) is 3.63. The fraction of sp³-hybridized carbons (Fsp3) is 0.778. The summed E-state index contributed by atoms with van der Waals surface area (Å²) in [4.78, 5) is 4.14. The molecular weight excluding hydrogens is 214 g/mol. The number of aromatic nitrogens is 2. The van der Waals surface area contributed by atoms with Gasteiger partial charge in [-0.1, -0.05) is 32.0 Å². The number of unbranched alkanes of at least 4 members (excludes halogenated alkanes) is 1. The van der Waals surface area contributed by atoms with Crippen LogP contribution >= 0.6 is 23.3 Å². The second kappa shape index (κ2) is 7.20. The normalized spacial score (nSPS) is 13.0. The molecule has 1 atom stereocenters. The highest BCUT2D eigenvalue weighted by Crippen LogP contribution is 2.22. The van der Waals surface area contributed by atoms with Crippen LogP contribution in [-0.2, 0) is 0 Å². The molecular formula is C9H17N3S2. The number of thioether (sulfide) groups is 1. The highest BCUT2D eigenvalue weighted by Gasteiger charge is 2.05. The van der Waals surface area contributed by atoms with E-state index < -0.39 is 0 Å². The van der Waals surface area contributed by atoms with Gasteiger partial charge >= 0.3 is 0 Å². The van der Waals surface area contributed by atoms with E-state index in [2.05, 4.69) is 28.5 Å². The molecule has 0 aliphatic carbocycles. The molecule has 0 saturated carbocycles. The van der Waals surface area contributed by atoms with Crippen molar-refractivity contribution in [2.75, 3.05) is 13.1 Å². The summed E-state index contributed by atoms with van der Waals surface area (Å²) in [6, 6.07) is 0. The van der Waals surface area contributed by atoms with E-state index in [0.29, 0.717) is 5.25 Å². The second-order valence-electron chi connectivity index (χ2n) is 3.19. The number of rotatable bonds is 7. The summed E-state index contributed by atoms with van der Waals surface area (Å²) in [5.41, 5.74) is 0. The summed E-state index contributed by atoms with van der Waals surface area (Å²) >= 11 is 3.26. The van der Waals surface area contributed by atoms with Crippen molar-refractivity contribution in [3.8, 4) is 0 Å². The first-order chi connectivity index (χ1) is 6.83. The number of nitrogens with zero attached hydrogens (tertiary/aromatic N) is 2. The zero-order valence-electron chi connectivity index (χ0n) is 8.69. The van der Waals surface area contributed by atoms with Crippen molar-refractivity contribution in [2.45, 2.75) is 36.3 Å². The second-order valence-corrected chi connectivity index (χ2v) is 5.66. The van der Waals surface area contributed by atoms with Crippen molar-refractivity contribution in [2.24, 2.45) is 0 Å². The molecule has 0 aromatic carbocycles. The Morgan fingerprint density at radius 3 is 3.14 bits per heavy atom. The van der Waals surface area contributed by atoms with Crippen LogP contribution in [0.1, 0.15) is 26.7 Å². The van der Waals surface area contributed by atoms with Gasteiger partial charge in [0.15, 0.2) is 4.34 Å². The maximum absolute atomic E-state index is 4.14. The lowest BCUT2D eigenvalue weighted by molar-refractivity contribution is 0.638. The first-order valence-electron chi connectivity index (χ1n) is 4.97. The molecule has 1 aromatic heterocycles. The quantitative estimate of drug-likeness (QED) is 0.577. The van der Waals surface area contributed by atoms with Crippen molar-refractivity contribution < 1.29 is 0 Å². The van der Waals surface area contributed by atoms with Crippen molar-refractivity contribution in [1.29, 1.82) is 0 Å². The van der Waals surface area contributed by atoms with E-state index in [1.54, 1.807) is 18.1 Å². The van der Waals surface area contributed by atoms with Gasteiger partial charge in [0.05, 0.1) is 0 Å². The number of hydrogen-bond acceptors (Lipinski definition) is 5. The largest absolute Gasteiger partial charge is 0.316 e. The maximum atomic E-state index is 4.14. The molecule has 80 valence electrons. The molecule has 0 aliphatic rings. The molecule has 5 heteroatoms. The summed E-state index contributed by atoms with van der Waals surface area (Å²) in [5.74, 6) is 0. The Morgan fingerprint density at radius 1 is 1.64 bits per heavy atom. The molecule has 1 heterocycles. The summed E-state index contributed by atoms with van der Waals surface area (Å²) in [6.07, 6.45) is 4.13. The van der Waals surface area contributed by atoms with Crippen LogP contribution in [0, 0.1) is 0 Å². The van der Waals surface area contributed by atoms with Crippen LogP contribution in [0.5, 0.6) is 0 Å². The third-order valence-electron chi connectivity index (χ3n) is 1.78. The van der Waals surface area contributed by atoms with Gasteiger partial charge in [0.2, 0.25) is 0 Å². The van der Waals surface area contributed by atoms with Crippen molar-refractivity contribution >= 4 is 23.3 Å². The van der Waals surface area contributed by atoms with Crippen molar-refractivity contribution in [3.63, 3.8) is 0 Å². The number of nitrogens with one attached hydrogen (secondary N) is 1. The van der Waals surface area contributed by atoms with E-state index in [-0.39, 0.29) is 0 Å². The molecule has 1 unspecified atom stereocenters. The predicted molar refractivity (Wildman–Crippen MR) is 63.0 cm³/mol. The number of hydrogen-bond donors (Lipinski definition) is 1. The Bertz CT molecular complexity index is 226. The van der Waals surface area contributed by atoms with Crippen LogP contribution in [0.15, 0.2) is 10.7 Å². The molecule has 0 aliphatic heterocycles. The highest BCUT2D eigenvalue weighted by molar-refractivity contribution is 8.01. The van der Waals surface area contributed by atoms with Gasteiger partial charge in [0.1, 0.15) is 6.33 Å². The molecule has 0 bridgehead atoms. The minimum atomic E-state index is 0.569. The average molecular weight is 231 g/mol. The standard InChI is InChI=1S/C9H17N3S2/c1-3-4-5-10-6-8(2)13-9-11-7-12-14-9/h7-8,10H,3-6H2,1-2H3. The van der Waals surface area contributed by atoms with E-state index >= 15 is 0 Å². The predicted octanol–water partition coefficient (Wildman–Crippen LogP) is 2.41. The van der Waals surface area contributed by atoms with Crippen LogP contribution in [0.4, 0.5) is 0 Å². The van der Waals surface area contributed by atoms with Crippen LogP contribution in [-0.4, -0.2) is 27.7 Å². The van der Waals surface area contributed by atoms with Gasteiger partial charge in [-0.25, -0.2) is 4.98 Å². The van der Waals surface area contributed by atoms with E-state index in [1.807, 2.05) is 0 Å². The Hall–Kier alpha value is -0.130. The Morgan fingerprint density at radius 2 is 2.50 bits per heavy atom. The summed E-state index contributed by atoms with van der Waals surface area (Å²) in [6.45, 7) is 6.59. The smallest absolute Gasteiger partial charge is 0.170 e. The summed E-state index contributed by atoms with van der Waals surface area (Å²) < 4.78 is 5.04. The molecule has 1 aromatic rings. The molecule has 1 N–H and O–H groups in total. The van der Waals surface area contributed by atoms with Crippen molar-refractivity contribution in [1.82, 2.24) is 14.7 Å². The first-order valence-corrected chi connectivity index (χ1v) is 6.62. The Labute approximate surface area is 93.9 Å². The summed E-state index contributed by atoms with van der Waals surface area (Å²) in [7, 11) is 0. The average Bonchev–Trinajstić information content (AvgIpc) is 2.65. The maximum Gasteiger partial charge on any atom is 0.170 e. The van der Waals surface area contributed by atoms with Crippen molar-refractivity contribution in [3.05, 3.63) is 6.33 Å². The minimum absolute atomic E-state index is 0.569. The van der Waals surface area contributed by atoms with Gasteiger partial charge in [-0.05, 0) is 24.5 Å². The molecule has 1 rings (SSSR count). The molecule has 3 nitrogen and oxygen atoms in total. The zero-order chi connectivity index (χ0) is 10.2. The fourth-order valence-electron chi connectivity index (χ4n) is 1.04. The molecule has 0 radical (unpaired) electrons. The zero-order valence-corrected chi connectivity index (χ0v) is 10.3. The van der Waals surface area contributed by atoms with Gasteiger partial charge in [0, 0.05) is 11.8 Å².